The van der Waals surface area contributed by atoms with Gasteiger partial charge in [-0.05, 0) is 48.4 Å². The summed E-state index contributed by atoms with van der Waals surface area (Å²) < 4.78 is 53.8. The summed E-state index contributed by atoms with van der Waals surface area (Å²) in [6.45, 7) is 0.0650. The number of anilines is 2. The lowest BCUT2D eigenvalue weighted by molar-refractivity contribution is -0.118. The number of rotatable bonds is 6. The van der Waals surface area contributed by atoms with Crippen LogP contribution in [0.4, 0.5) is 25.0 Å². The highest BCUT2D eigenvalue weighted by atomic mass is 35.5. The second-order valence-corrected chi connectivity index (χ2v) is 10.2. The van der Waals surface area contributed by atoms with Gasteiger partial charge in [-0.3, -0.25) is 4.79 Å². The molecule has 188 valence electrons. The van der Waals surface area contributed by atoms with Crippen LogP contribution < -0.4 is 20.7 Å². The van der Waals surface area contributed by atoms with E-state index in [1.807, 2.05) is 0 Å². The van der Waals surface area contributed by atoms with E-state index in [1.165, 1.54) is 30.3 Å². The summed E-state index contributed by atoms with van der Waals surface area (Å²) in [6, 6.07) is 12.9. The molecule has 8 nitrogen and oxygen atoms in total. The molecule has 3 amide bonds. The van der Waals surface area contributed by atoms with Crippen molar-refractivity contribution in [2.45, 2.75) is 18.2 Å². The van der Waals surface area contributed by atoms with Gasteiger partial charge in [0.15, 0.2) is 5.82 Å². The zero-order valence-corrected chi connectivity index (χ0v) is 20.2. The number of carbonyl (C=O) groups excluding carboxylic acids is 2. The van der Waals surface area contributed by atoms with Crippen LogP contribution in [-0.2, 0) is 20.6 Å². The number of amides is 3. The molecule has 1 aliphatic rings. The van der Waals surface area contributed by atoms with Crippen molar-refractivity contribution in [1.29, 1.82) is 0 Å². The Morgan fingerprint density at radius 2 is 1.75 bits per heavy atom. The van der Waals surface area contributed by atoms with Gasteiger partial charge in [0.25, 0.3) is 0 Å². The third-order valence-corrected chi connectivity index (χ3v) is 6.58. The standard InChI is InChI=1S/C24H21ClF2N4O4S/c25-14-5-7-15(8-6-14)29-24(33)30-20-11-12-31(23(20)32)21-10-9-16(17-3-1-2-4-19(17)26)18(22(21)27)13-36(28,34)35/h1-10,20H,11-13H2,(H2,28,34,35)(H2,29,30,33). The number of sulfonamides is 1. The Morgan fingerprint density at radius 3 is 2.42 bits per heavy atom. The maximum atomic E-state index is 15.7. The summed E-state index contributed by atoms with van der Waals surface area (Å²) in [5, 5.41) is 10.8. The molecular formula is C24H21ClF2N4O4S. The van der Waals surface area contributed by atoms with Crippen molar-refractivity contribution < 1.29 is 26.8 Å². The van der Waals surface area contributed by atoms with E-state index in [2.05, 4.69) is 10.6 Å². The molecule has 0 bridgehead atoms. The monoisotopic (exact) mass is 534 g/mol. The summed E-state index contributed by atoms with van der Waals surface area (Å²) in [5.74, 6) is -3.16. The fraction of sp³-hybridized carbons (Fsp3) is 0.167. The Morgan fingerprint density at radius 1 is 1.06 bits per heavy atom. The van der Waals surface area contributed by atoms with Crippen LogP contribution in [0.3, 0.4) is 0 Å². The highest BCUT2D eigenvalue weighted by Crippen LogP contribution is 2.35. The van der Waals surface area contributed by atoms with E-state index in [-0.39, 0.29) is 35.3 Å². The van der Waals surface area contributed by atoms with Gasteiger partial charge in [0, 0.05) is 28.4 Å². The summed E-state index contributed by atoms with van der Waals surface area (Å²) in [7, 11) is -4.20. The number of halogens is 3. The topological polar surface area (TPSA) is 122 Å². The van der Waals surface area contributed by atoms with Gasteiger partial charge in [0.1, 0.15) is 11.9 Å². The summed E-state index contributed by atoms with van der Waals surface area (Å²) >= 11 is 5.82. The molecule has 0 aliphatic carbocycles. The molecule has 1 aliphatic heterocycles. The molecule has 0 aromatic heterocycles. The lowest BCUT2D eigenvalue weighted by atomic mass is 9.98. The lowest BCUT2D eigenvalue weighted by Gasteiger charge is -2.21. The number of hydrogen-bond donors (Lipinski definition) is 3. The molecule has 4 rings (SSSR count). The largest absolute Gasteiger partial charge is 0.326 e. The maximum absolute atomic E-state index is 15.7. The van der Waals surface area contributed by atoms with E-state index in [4.69, 9.17) is 16.7 Å². The number of hydrogen-bond acceptors (Lipinski definition) is 4. The Kier molecular flexibility index (Phi) is 7.25. The van der Waals surface area contributed by atoms with Gasteiger partial charge in [-0.25, -0.2) is 27.1 Å². The van der Waals surface area contributed by atoms with Gasteiger partial charge in [0.05, 0.1) is 11.4 Å². The first-order valence-electron chi connectivity index (χ1n) is 10.7. The average Bonchev–Trinajstić information content (AvgIpc) is 3.16. The second-order valence-electron chi connectivity index (χ2n) is 8.15. The van der Waals surface area contributed by atoms with Crippen molar-refractivity contribution in [1.82, 2.24) is 5.32 Å². The van der Waals surface area contributed by atoms with E-state index < -0.39 is 45.4 Å². The fourth-order valence-corrected chi connectivity index (χ4v) is 4.81. The van der Waals surface area contributed by atoms with Crippen LogP contribution >= 0.6 is 11.6 Å². The fourth-order valence-electron chi connectivity index (χ4n) is 4.00. The molecule has 3 aromatic carbocycles. The van der Waals surface area contributed by atoms with Gasteiger partial charge in [-0.15, -0.1) is 0 Å². The molecule has 1 atom stereocenters. The van der Waals surface area contributed by atoms with Crippen LogP contribution in [0.5, 0.6) is 0 Å². The number of nitrogens with two attached hydrogens (primary N) is 1. The number of carbonyl (C=O) groups is 2. The minimum Gasteiger partial charge on any atom is -0.326 e. The number of urea groups is 1. The first kappa shape index (κ1) is 25.5. The third kappa shape index (κ3) is 5.64. The van der Waals surface area contributed by atoms with Gasteiger partial charge in [-0.1, -0.05) is 35.9 Å². The molecular weight excluding hydrogens is 514 g/mol. The molecule has 1 heterocycles. The zero-order chi connectivity index (χ0) is 26.0. The molecule has 1 unspecified atom stereocenters. The van der Waals surface area contributed by atoms with Crippen LogP contribution in [0, 0.1) is 11.6 Å². The van der Waals surface area contributed by atoms with E-state index in [0.29, 0.717) is 10.7 Å². The molecule has 1 fully saturated rings. The van der Waals surface area contributed by atoms with Crippen molar-refractivity contribution >= 4 is 44.9 Å². The minimum absolute atomic E-state index is 0.00652. The first-order chi connectivity index (χ1) is 17.0. The SMILES string of the molecule is NS(=O)(=O)Cc1c(-c2ccccc2F)ccc(N2CCC(NC(=O)Nc3ccc(Cl)cc3)C2=O)c1F. The first-order valence-corrected chi connectivity index (χ1v) is 12.8. The number of nitrogens with one attached hydrogen (secondary N) is 2. The normalized spacial score (nSPS) is 15.7. The number of primary sulfonamides is 1. The van der Waals surface area contributed by atoms with E-state index in [1.54, 1.807) is 24.3 Å². The third-order valence-electron chi connectivity index (χ3n) is 5.64. The van der Waals surface area contributed by atoms with Crippen molar-refractivity contribution in [3.63, 3.8) is 0 Å². The van der Waals surface area contributed by atoms with E-state index >= 15 is 4.39 Å². The van der Waals surface area contributed by atoms with Crippen LogP contribution in [0.2, 0.25) is 5.02 Å². The average molecular weight is 535 g/mol. The van der Waals surface area contributed by atoms with Crippen LogP contribution in [0.1, 0.15) is 12.0 Å². The van der Waals surface area contributed by atoms with Crippen molar-refractivity contribution in [2.75, 3.05) is 16.8 Å². The van der Waals surface area contributed by atoms with Crippen LogP contribution in [-0.4, -0.2) is 32.9 Å². The minimum atomic E-state index is -4.20. The maximum Gasteiger partial charge on any atom is 0.319 e. The number of benzene rings is 3. The molecule has 12 heteroatoms. The highest BCUT2D eigenvalue weighted by molar-refractivity contribution is 7.88. The molecule has 1 saturated heterocycles. The Balaban J connectivity index is 1.59. The van der Waals surface area contributed by atoms with Gasteiger partial charge >= 0.3 is 6.03 Å². The molecule has 36 heavy (non-hydrogen) atoms. The Labute approximate surface area is 211 Å². The van der Waals surface area contributed by atoms with Crippen molar-refractivity contribution in [3.05, 3.63) is 82.9 Å². The quantitative estimate of drug-likeness (QED) is 0.442. The summed E-state index contributed by atoms with van der Waals surface area (Å²) in [5.41, 5.74) is -0.0904. The summed E-state index contributed by atoms with van der Waals surface area (Å²) in [6.07, 6.45) is 0.186. The van der Waals surface area contributed by atoms with Crippen molar-refractivity contribution in [3.8, 4) is 11.1 Å². The smallest absolute Gasteiger partial charge is 0.319 e. The predicted molar refractivity (Wildman–Crippen MR) is 133 cm³/mol. The number of nitrogens with zero attached hydrogens (tertiary/aromatic N) is 1. The van der Waals surface area contributed by atoms with Crippen LogP contribution in [0.15, 0.2) is 60.7 Å². The van der Waals surface area contributed by atoms with Gasteiger partial charge in [-0.2, -0.15) is 0 Å². The molecule has 0 saturated carbocycles. The van der Waals surface area contributed by atoms with E-state index in [0.717, 1.165) is 11.0 Å². The molecule has 0 spiro atoms. The van der Waals surface area contributed by atoms with E-state index in [9.17, 15) is 22.4 Å². The Hall–Kier alpha value is -3.54. The van der Waals surface area contributed by atoms with Gasteiger partial charge < -0.3 is 15.5 Å². The second kappa shape index (κ2) is 10.2. The van der Waals surface area contributed by atoms with Crippen molar-refractivity contribution in [2.24, 2.45) is 5.14 Å². The van der Waals surface area contributed by atoms with Crippen LogP contribution in [0.25, 0.3) is 11.1 Å². The summed E-state index contributed by atoms with van der Waals surface area (Å²) in [4.78, 5) is 26.4. The molecule has 4 N–H and O–H groups in total. The molecule has 0 radical (unpaired) electrons. The highest BCUT2D eigenvalue weighted by Gasteiger charge is 2.36. The van der Waals surface area contributed by atoms with Gasteiger partial charge in [0.2, 0.25) is 15.9 Å². The Bertz CT molecular complexity index is 1430. The zero-order valence-electron chi connectivity index (χ0n) is 18.7. The lowest BCUT2D eigenvalue weighted by Crippen LogP contribution is -2.43. The predicted octanol–water partition coefficient (Wildman–Crippen LogP) is 4.00. The molecule has 3 aromatic rings.